The lowest BCUT2D eigenvalue weighted by molar-refractivity contribution is 0.469. The highest BCUT2D eigenvalue weighted by molar-refractivity contribution is 5.55. The molecule has 0 fully saturated rings. The molecule has 4 nitrogen and oxygen atoms in total. The summed E-state index contributed by atoms with van der Waals surface area (Å²) in [6, 6.07) is 6.02. The Hall–Kier alpha value is -1.97. The second kappa shape index (κ2) is 4.05. The molecule has 1 aromatic heterocycles. The van der Waals surface area contributed by atoms with E-state index < -0.39 is 0 Å². The van der Waals surface area contributed by atoms with Crippen LogP contribution in [-0.4, -0.2) is 15.3 Å². The van der Waals surface area contributed by atoms with E-state index in [4.69, 9.17) is 0 Å². The van der Waals surface area contributed by atoms with Gasteiger partial charge in [-0.2, -0.15) is 5.10 Å². The lowest BCUT2D eigenvalue weighted by Crippen LogP contribution is -2.08. The van der Waals surface area contributed by atoms with E-state index in [0.717, 1.165) is 35.5 Å². The second-order valence-electron chi connectivity index (χ2n) is 4.89. The number of aromatic amines is 1. The molecule has 0 amide bonds. The fourth-order valence-corrected chi connectivity index (χ4v) is 2.72. The summed E-state index contributed by atoms with van der Waals surface area (Å²) in [6.07, 6.45) is 1.94. The summed E-state index contributed by atoms with van der Waals surface area (Å²) in [5.74, 6) is 0.414. The summed E-state index contributed by atoms with van der Waals surface area (Å²) in [7, 11) is 0. The van der Waals surface area contributed by atoms with Gasteiger partial charge in [0.2, 0.25) is 0 Å². The van der Waals surface area contributed by atoms with Gasteiger partial charge in [-0.1, -0.05) is 12.1 Å². The Morgan fingerprint density at radius 1 is 1.39 bits per heavy atom. The highest BCUT2D eigenvalue weighted by atomic mass is 16.3. The van der Waals surface area contributed by atoms with Crippen LogP contribution in [0, 0.1) is 13.8 Å². The van der Waals surface area contributed by atoms with Gasteiger partial charge >= 0.3 is 0 Å². The number of rotatable bonds is 2. The first-order valence-electron chi connectivity index (χ1n) is 6.25. The van der Waals surface area contributed by atoms with E-state index in [1.807, 2.05) is 19.9 Å². The van der Waals surface area contributed by atoms with Gasteiger partial charge in [-0.3, -0.25) is 5.10 Å². The normalized spacial score (nSPS) is 17.8. The number of aromatic hydroxyl groups is 1. The number of hydrogen-bond donors (Lipinski definition) is 3. The van der Waals surface area contributed by atoms with Crippen LogP contribution in [0.15, 0.2) is 18.2 Å². The fraction of sp³-hybridized carbons (Fsp3) is 0.357. The van der Waals surface area contributed by atoms with E-state index in [-0.39, 0.29) is 6.04 Å². The number of benzene rings is 1. The van der Waals surface area contributed by atoms with Crippen molar-refractivity contribution in [3.8, 4) is 5.75 Å². The predicted molar refractivity (Wildman–Crippen MR) is 70.9 cm³/mol. The molecular formula is C14H17N3O. The zero-order valence-corrected chi connectivity index (χ0v) is 10.6. The molecule has 0 aliphatic heterocycles. The minimum atomic E-state index is 0.266. The third-order valence-electron chi connectivity index (χ3n) is 3.69. The monoisotopic (exact) mass is 243 g/mol. The third-order valence-corrected chi connectivity index (χ3v) is 3.69. The van der Waals surface area contributed by atoms with E-state index in [9.17, 15) is 5.11 Å². The molecule has 1 heterocycles. The number of H-pyrrole nitrogens is 1. The third kappa shape index (κ3) is 1.65. The van der Waals surface area contributed by atoms with Crippen LogP contribution >= 0.6 is 0 Å². The van der Waals surface area contributed by atoms with E-state index in [2.05, 4.69) is 21.6 Å². The zero-order chi connectivity index (χ0) is 12.7. The van der Waals surface area contributed by atoms with E-state index in [1.165, 1.54) is 5.56 Å². The van der Waals surface area contributed by atoms with Crippen molar-refractivity contribution < 1.29 is 5.11 Å². The maximum Gasteiger partial charge on any atom is 0.119 e. The molecule has 18 heavy (non-hydrogen) atoms. The molecule has 0 saturated heterocycles. The standard InChI is InChI=1S/C14H17N3O/c1-8-14(9(2)17-16-8)15-12-7-6-11-10(12)4-3-5-13(11)18/h3-5,12,15,18H,6-7H2,1-2H3,(H,16,17). The van der Waals surface area contributed by atoms with Crippen molar-refractivity contribution in [3.63, 3.8) is 0 Å². The minimum absolute atomic E-state index is 0.266. The van der Waals surface area contributed by atoms with Crippen LogP contribution in [0.25, 0.3) is 0 Å². The van der Waals surface area contributed by atoms with Gasteiger partial charge in [0, 0.05) is 0 Å². The zero-order valence-electron chi connectivity index (χ0n) is 10.6. The SMILES string of the molecule is Cc1n[nH]c(C)c1NC1CCc2c(O)cccc21. The lowest BCUT2D eigenvalue weighted by atomic mass is 10.1. The maximum atomic E-state index is 9.84. The first-order valence-corrected chi connectivity index (χ1v) is 6.25. The molecule has 1 aliphatic carbocycles. The maximum absolute atomic E-state index is 9.84. The molecule has 94 valence electrons. The van der Waals surface area contributed by atoms with Crippen LogP contribution in [0.2, 0.25) is 0 Å². The Morgan fingerprint density at radius 2 is 2.22 bits per heavy atom. The summed E-state index contributed by atoms with van der Waals surface area (Å²) in [6.45, 7) is 4.00. The number of hydrogen-bond acceptors (Lipinski definition) is 3. The fourth-order valence-electron chi connectivity index (χ4n) is 2.72. The average Bonchev–Trinajstić information content (AvgIpc) is 2.89. The smallest absolute Gasteiger partial charge is 0.119 e. The Balaban J connectivity index is 1.92. The van der Waals surface area contributed by atoms with Crippen molar-refractivity contribution in [3.05, 3.63) is 40.7 Å². The topological polar surface area (TPSA) is 60.9 Å². The Labute approximate surface area is 106 Å². The van der Waals surface area contributed by atoms with Crippen molar-refractivity contribution in [2.24, 2.45) is 0 Å². The second-order valence-corrected chi connectivity index (χ2v) is 4.89. The predicted octanol–water partition coefficient (Wildman–Crippen LogP) is 2.83. The van der Waals surface area contributed by atoms with Gasteiger partial charge in [-0.25, -0.2) is 0 Å². The molecule has 1 aromatic carbocycles. The molecule has 4 heteroatoms. The number of anilines is 1. The molecule has 0 spiro atoms. The van der Waals surface area contributed by atoms with Gasteiger partial charge in [-0.15, -0.1) is 0 Å². The Kier molecular flexibility index (Phi) is 2.51. The summed E-state index contributed by atoms with van der Waals surface area (Å²) in [5, 5.41) is 20.6. The molecular weight excluding hydrogens is 226 g/mol. The van der Waals surface area contributed by atoms with Gasteiger partial charge in [0.1, 0.15) is 5.75 Å². The highest BCUT2D eigenvalue weighted by Crippen LogP contribution is 2.38. The summed E-state index contributed by atoms with van der Waals surface area (Å²) in [4.78, 5) is 0. The van der Waals surface area contributed by atoms with Gasteiger partial charge in [0.25, 0.3) is 0 Å². The van der Waals surface area contributed by atoms with Crippen molar-refractivity contribution in [1.82, 2.24) is 10.2 Å². The number of nitrogens with one attached hydrogen (secondary N) is 2. The molecule has 3 N–H and O–H groups in total. The highest BCUT2D eigenvalue weighted by Gasteiger charge is 2.25. The quantitative estimate of drug-likeness (QED) is 0.760. The summed E-state index contributed by atoms with van der Waals surface area (Å²) >= 11 is 0. The Bertz CT molecular complexity index is 569. The lowest BCUT2D eigenvalue weighted by Gasteiger charge is -2.15. The number of aryl methyl sites for hydroxylation is 2. The van der Waals surface area contributed by atoms with Crippen molar-refractivity contribution >= 4 is 5.69 Å². The first-order chi connectivity index (χ1) is 8.66. The molecule has 3 rings (SSSR count). The minimum Gasteiger partial charge on any atom is -0.508 e. The molecule has 0 saturated carbocycles. The van der Waals surface area contributed by atoms with Crippen LogP contribution < -0.4 is 5.32 Å². The molecule has 2 aromatic rings. The number of aromatic nitrogens is 2. The first kappa shape index (κ1) is 11.1. The van der Waals surface area contributed by atoms with Crippen LogP contribution in [-0.2, 0) is 6.42 Å². The van der Waals surface area contributed by atoms with Gasteiger partial charge in [0.15, 0.2) is 0 Å². The number of phenols is 1. The molecule has 0 bridgehead atoms. The van der Waals surface area contributed by atoms with Gasteiger partial charge in [-0.05, 0) is 43.9 Å². The summed E-state index contributed by atoms with van der Waals surface area (Å²) < 4.78 is 0. The van der Waals surface area contributed by atoms with Crippen LogP contribution in [0.5, 0.6) is 5.75 Å². The van der Waals surface area contributed by atoms with E-state index in [1.54, 1.807) is 6.07 Å². The largest absolute Gasteiger partial charge is 0.508 e. The van der Waals surface area contributed by atoms with Gasteiger partial charge in [0.05, 0.1) is 23.1 Å². The van der Waals surface area contributed by atoms with E-state index >= 15 is 0 Å². The van der Waals surface area contributed by atoms with Crippen LogP contribution in [0.4, 0.5) is 5.69 Å². The Morgan fingerprint density at radius 3 is 2.94 bits per heavy atom. The number of nitrogens with zero attached hydrogens (tertiary/aromatic N) is 1. The molecule has 1 unspecified atom stereocenters. The van der Waals surface area contributed by atoms with Crippen LogP contribution in [0.1, 0.15) is 35.0 Å². The molecule has 0 radical (unpaired) electrons. The van der Waals surface area contributed by atoms with Crippen molar-refractivity contribution in [2.45, 2.75) is 32.7 Å². The van der Waals surface area contributed by atoms with Crippen LogP contribution in [0.3, 0.4) is 0 Å². The average molecular weight is 243 g/mol. The summed E-state index contributed by atoms with van der Waals surface area (Å²) in [5.41, 5.74) is 5.40. The number of phenolic OH excluding ortho intramolecular Hbond substituents is 1. The number of fused-ring (bicyclic) bond motifs is 1. The van der Waals surface area contributed by atoms with Crippen molar-refractivity contribution in [2.75, 3.05) is 5.32 Å². The van der Waals surface area contributed by atoms with Gasteiger partial charge < -0.3 is 10.4 Å². The van der Waals surface area contributed by atoms with E-state index in [0.29, 0.717) is 5.75 Å². The van der Waals surface area contributed by atoms with Crippen molar-refractivity contribution in [1.29, 1.82) is 0 Å². The molecule has 1 aliphatic rings. The molecule has 1 atom stereocenters.